The molecule has 0 aromatic rings. The lowest BCUT2D eigenvalue weighted by atomic mass is 10.1. The zero-order valence-corrected chi connectivity index (χ0v) is 12.3. The zero-order valence-electron chi connectivity index (χ0n) is 12.3. The Bertz CT molecular complexity index is 387. The fourth-order valence-corrected chi connectivity index (χ4v) is 2.25. The first-order chi connectivity index (χ1) is 9.97. The first-order valence-electron chi connectivity index (χ1n) is 6.82. The van der Waals surface area contributed by atoms with E-state index in [1.54, 1.807) is 12.0 Å². The highest BCUT2D eigenvalue weighted by atomic mass is 16.5. The van der Waals surface area contributed by atoms with Gasteiger partial charge in [0.2, 0.25) is 0 Å². The molecule has 1 fully saturated rings. The summed E-state index contributed by atoms with van der Waals surface area (Å²) < 4.78 is 9.50. The molecule has 0 bridgehead atoms. The molecule has 1 aliphatic heterocycles. The van der Waals surface area contributed by atoms with Gasteiger partial charge in [0.05, 0.1) is 13.7 Å². The summed E-state index contributed by atoms with van der Waals surface area (Å²) in [5.74, 6) is -1.39. The smallest absolute Gasteiger partial charge is 0.326 e. The van der Waals surface area contributed by atoms with Gasteiger partial charge >= 0.3 is 18.0 Å². The molecule has 21 heavy (non-hydrogen) atoms. The highest BCUT2D eigenvalue weighted by Gasteiger charge is 2.29. The molecule has 0 radical (unpaired) electrons. The Morgan fingerprint density at radius 2 is 2.10 bits per heavy atom. The number of hydrogen-bond donors (Lipinski definition) is 2. The van der Waals surface area contributed by atoms with Gasteiger partial charge in [0.15, 0.2) is 0 Å². The maximum Gasteiger partial charge on any atom is 0.326 e. The Balaban J connectivity index is 2.45. The van der Waals surface area contributed by atoms with Crippen LogP contribution in [0.5, 0.6) is 0 Å². The molecule has 2 N–H and O–H groups in total. The maximum atomic E-state index is 12.0. The van der Waals surface area contributed by atoms with E-state index in [2.05, 4.69) is 10.1 Å². The van der Waals surface area contributed by atoms with Crippen LogP contribution in [0.3, 0.4) is 0 Å². The fraction of sp³-hybridized carbons (Fsp3) is 0.769. The number of urea groups is 1. The first-order valence-corrected chi connectivity index (χ1v) is 6.82. The van der Waals surface area contributed by atoms with Crippen LogP contribution >= 0.6 is 0 Å². The van der Waals surface area contributed by atoms with Gasteiger partial charge in [-0.1, -0.05) is 0 Å². The van der Waals surface area contributed by atoms with Crippen LogP contribution in [0.25, 0.3) is 0 Å². The molecule has 2 atom stereocenters. The Labute approximate surface area is 123 Å². The van der Waals surface area contributed by atoms with Crippen molar-refractivity contribution in [3.05, 3.63) is 0 Å². The highest BCUT2D eigenvalue weighted by molar-refractivity contribution is 5.83. The molecule has 1 aliphatic rings. The van der Waals surface area contributed by atoms with E-state index < -0.39 is 24.0 Å². The van der Waals surface area contributed by atoms with Gasteiger partial charge in [-0.05, 0) is 12.8 Å². The van der Waals surface area contributed by atoms with Crippen molar-refractivity contribution in [3.8, 4) is 0 Å². The lowest BCUT2D eigenvalue weighted by Crippen LogP contribution is -2.47. The third-order valence-electron chi connectivity index (χ3n) is 3.44. The minimum absolute atomic E-state index is 0.00306. The van der Waals surface area contributed by atoms with E-state index in [9.17, 15) is 14.4 Å². The van der Waals surface area contributed by atoms with E-state index in [4.69, 9.17) is 9.84 Å². The molecule has 1 unspecified atom stereocenters. The van der Waals surface area contributed by atoms with Crippen LogP contribution in [-0.2, 0) is 19.1 Å². The molecule has 8 heteroatoms. The molecular weight excluding hydrogens is 280 g/mol. The molecule has 1 saturated heterocycles. The number of carboxylic acids is 1. The molecule has 0 aromatic carbocycles. The summed E-state index contributed by atoms with van der Waals surface area (Å²) >= 11 is 0. The molecule has 0 saturated carbocycles. The van der Waals surface area contributed by atoms with Crippen LogP contribution in [0.4, 0.5) is 4.79 Å². The van der Waals surface area contributed by atoms with E-state index in [0.717, 1.165) is 6.42 Å². The fourth-order valence-electron chi connectivity index (χ4n) is 2.25. The van der Waals surface area contributed by atoms with E-state index in [-0.39, 0.29) is 18.8 Å². The summed E-state index contributed by atoms with van der Waals surface area (Å²) in [4.78, 5) is 35.7. The second-order valence-corrected chi connectivity index (χ2v) is 5.01. The standard InChI is InChI=1S/C13H22N2O6/c1-20-8-9-5-6-15(7-9)13(19)14-10(12(17)18)3-4-11(16)21-2/h9-10H,3-8H2,1-2H3,(H,14,19)(H,17,18)/t9?,10-/m1/s1. The van der Waals surface area contributed by atoms with Gasteiger partial charge in [0.25, 0.3) is 0 Å². The number of hydrogen-bond acceptors (Lipinski definition) is 5. The van der Waals surface area contributed by atoms with Crippen molar-refractivity contribution in [1.29, 1.82) is 0 Å². The number of esters is 1. The summed E-state index contributed by atoms with van der Waals surface area (Å²) in [5, 5.41) is 11.5. The normalized spacial score (nSPS) is 19.1. The van der Waals surface area contributed by atoms with Gasteiger partial charge in [-0.2, -0.15) is 0 Å². The number of nitrogens with one attached hydrogen (secondary N) is 1. The van der Waals surface area contributed by atoms with Crippen LogP contribution in [0.1, 0.15) is 19.3 Å². The number of aliphatic carboxylic acids is 1. The average Bonchev–Trinajstić information content (AvgIpc) is 2.91. The van der Waals surface area contributed by atoms with Gasteiger partial charge in [-0.3, -0.25) is 4.79 Å². The van der Waals surface area contributed by atoms with Gasteiger partial charge in [0.1, 0.15) is 6.04 Å². The summed E-state index contributed by atoms with van der Waals surface area (Å²) in [5.41, 5.74) is 0. The largest absolute Gasteiger partial charge is 0.480 e. The summed E-state index contributed by atoms with van der Waals surface area (Å²) in [7, 11) is 2.84. The Hall–Kier alpha value is -1.83. The van der Waals surface area contributed by atoms with Crippen molar-refractivity contribution in [2.75, 3.05) is 33.9 Å². The number of likely N-dealkylation sites (tertiary alicyclic amines) is 1. The maximum absolute atomic E-state index is 12.0. The van der Waals surface area contributed by atoms with Crippen molar-refractivity contribution >= 4 is 18.0 Å². The van der Waals surface area contributed by atoms with Crippen molar-refractivity contribution in [3.63, 3.8) is 0 Å². The van der Waals surface area contributed by atoms with Crippen LogP contribution in [0, 0.1) is 5.92 Å². The number of rotatable bonds is 7. The lowest BCUT2D eigenvalue weighted by Gasteiger charge is -2.21. The van der Waals surface area contributed by atoms with E-state index in [1.165, 1.54) is 7.11 Å². The number of ether oxygens (including phenoxy) is 2. The van der Waals surface area contributed by atoms with Gasteiger partial charge in [0, 0.05) is 32.5 Å². The number of carbonyl (C=O) groups is 3. The highest BCUT2D eigenvalue weighted by Crippen LogP contribution is 2.16. The van der Waals surface area contributed by atoms with Crippen molar-refractivity contribution in [2.45, 2.75) is 25.3 Å². The van der Waals surface area contributed by atoms with Crippen molar-refractivity contribution < 1.29 is 29.0 Å². The number of amides is 2. The minimum Gasteiger partial charge on any atom is -0.480 e. The quantitative estimate of drug-likeness (QED) is 0.645. The topological polar surface area (TPSA) is 105 Å². The van der Waals surface area contributed by atoms with E-state index in [1.807, 2.05) is 0 Å². The summed E-state index contributed by atoms with van der Waals surface area (Å²) in [6.07, 6.45) is 0.782. The molecule has 1 heterocycles. The van der Waals surface area contributed by atoms with Crippen LogP contribution in [0.2, 0.25) is 0 Å². The Morgan fingerprint density at radius 1 is 1.38 bits per heavy atom. The van der Waals surface area contributed by atoms with Gasteiger partial charge in [-0.15, -0.1) is 0 Å². The van der Waals surface area contributed by atoms with Gasteiger partial charge < -0.3 is 24.8 Å². The first kappa shape index (κ1) is 17.2. The van der Waals surface area contributed by atoms with Crippen molar-refractivity contribution in [1.82, 2.24) is 10.2 Å². The minimum atomic E-state index is -1.17. The van der Waals surface area contributed by atoms with Crippen LogP contribution in [-0.4, -0.2) is 67.9 Å². The second-order valence-electron chi connectivity index (χ2n) is 5.01. The number of carboxylic acid groups (broad SMARTS) is 1. The number of carbonyl (C=O) groups excluding carboxylic acids is 2. The number of nitrogens with zero attached hydrogens (tertiary/aromatic N) is 1. The molecule has 8 nitrogen and oxygen atoms in total. The van der Waals surface area contributed by atoms with Gasteiger partial charge in [-0.25, -0.2) is 9.59 Å². The third-order valence-corrected chi connectivity index (χ3v) is 3.44. The summed E-state index contributed by atoms with van der Waals surface area (Å²) in [6.45, 7) is 1.70. The lowest BCUT2D eigenvalue weighted by molar-refractivity contribution is -0.142. The molecular formula is C13H22N2O6. The molecule has 2 amide bonds. The van der Waals surface area contributed by atoms with Crippen LogP contribution < -0.4 is 5.32 Å². The van der Waals surface area contributed by atoms with E-state index in [0.29, 0.717) is 19.7 Å². The Kier molecular flexibility index (Phi) is 6.93. The SMILES string of the molecule is COCC1CCN(C(=O)N[C@H](CCC(=O)OC)C(=O)O)C1. The molecule has 0 aromatic heterocycles. The molecule has 1 rings (SSSR count). The predicted octanol–water partition coefficient (Wildman–Crippen LogP) is 0.0707. The monoisotopic (exact) mass is 302 g/mol. The molecule has 0 spiro atoms. The van der Waals surface area contributed by atoms with Crippen molar-refractivity contribution in [2.24, 2.45) is 5.92 Å². The molecule has 0 aliphatic carbocycles. The predicted molar refractivity (Wildman–Crippen MR) is 72.8 cm³/mol. The van der Waals surface area contributed by atoms with E-state index >= 15 is 0 Å². The van der Waals surface area contributed by atoms with Crippen LogP contribution in [0.15, 0.2) is 0 Å². The Morgan fingerprint density at radius 3 is 2.67 bits per heavy atom. The third kappa shape index (κ3) is 5.58. The second kappa shape index (κ2) is 8.46. The zero-order chi connectivity index (χ0) is 15.8. The number of methoxy groups -OCH3 is 2. The summed E-state index contributed by atoms with van der Waals surface area (Å²) in [6, 6.07) is -1.52. The average molecular weight is 302 g/mol. The molecule has 120 valence electrons.